The summed E-state index contributed by atoms with van der Waals surface area (Å²) < 4.78 is 5.67. The molecular formula is C16H21N3O2. The Morgan fingerprint density at radius 2 is 2.05 bits per heavy atom. The number of hydrogen-bond acceptors (Lipinski definition) is 5. The first-order valence-corrected chi connectivity index (χ1v) is 7.03. The number of aryl methyl sites for hydroxylation is 1. The molecule has 2 aromatic heterocycles. The Morgan fingerprint density at radius 1 is 1.24 bits per heavy atom. The number of rotatable bonds is 6. The predicted octanol–water partition coefficient (Wildman–Crippen LogP) is 2.57. The number of hydrogen-bond donors (Lipinski definition) is 2. The highest BCUT2D eigenvalue weighted by Crippen LogP contribution is 2.17. The normalized spacial score (nSPS) is 10.9. The summed E-state index contributed by atoms with van der Waals surface area (Å²) in [7, 11) is 0. The number of nitrogens with zero attached hydrogens (tertiary/aromatic N) is 2. The number of nitrogens with one attached hydrogen (secondary N) is 1. The molecule has 2 rings (SSSR count). The second-order valence-electron chi connectivity index (χ2n) is 5.16. The zero-order valence-corrected chi connectivity index (χ0v) is 12.6. The van der Waals surface area contributed by atoms with Crippen LogP contribution in [0.5, 0.6) is 11.6 Å². The van der Waals surface area contributed by atoms with Crippen molar-refractivity contribution in [2.75, 3.05) is 0 Å². The van der Waals surface area contributed by atoms with Crippen LogP contribution in [-0.4, -0.2) is 21.2 Å². The topological polar surface area (TPSA) is 67.3 Å². The predicted molar refractivity (Wildman–Crippen MR) is 81.2 cm³/mol. The van der Waals surface area contributed by atoms with Gasteiger partial charge in [-0.1, -0.05) is 6.07 Å². The van der Waals surface area contributed by atoms with Crippen molar-refractivity contribution in [2.24, 2.45) is 0 Å². The van der Waals surface area contributed by atoms with E-state index in [0.717, 1.165) is 11.3 Å². The lowest BCUT2D eigenvalue weighted by atomic mass is 10.2. The smallest absolute Gasteiger partial charge is 0.218 e. The molecule has 5 heteroatoms. The van der Waals surface area contributed by atoms with E-state index in [2.05, 4.69) is 15.3 Å². The fourth-order valence-corrected chi connectivity index (χ4v) is 1.94. The van der Waals surface area contributed by atoms with Crippen molar-refractivity contribution in [3.8, 4) is 11.6 Å². The zero-order valence-electron chi connectivity index (χ0n) is 12.6. The first kappa shape index (κ1) is 15.3. The Balaban J connectivity index is 1.99. The van der Waals surface area contributed by atoms with Gasteiger partial charge in [0.15, 0.2) is 0 Å². The van der Waals surface area contributed by atoms with Crippen LogP contribution in [0.3, 0.4) is 0 Å². The molecule has 0 fully saturated rings. The van der Waals surface area contributed by atoms with Crippen LogP contribution in [0.2, 0.25) is 0 Å². The average Bonchev–Trinajstić information content (AvgIpc) is 2.44. The van der Waals surface area contributed by atoms with Gasteiger partial charge in [0.2, 0.25) is 5.88 Å². The van der Waals surface area contributed by atoms with E-state index >= 15 is 0 Å². The Morgan fingerprint density at radius 3 is 2.81 bits per heavy atom. The van der Waals surface area contributed by atoms with E-state index in [0.29, 0.717) is 24.7 Å². The van der Waals surface area contributed by atoms with Crippen molar-refractivity contribution in [1.82, 2.24) is 15.3 Å². The lowest BCUT2D eigenvalue weighted by Gasteiger charge is -2.13. The molecule has 0 bridgehead atoms. The van der Waals surface area contributed by atoms with Gasteiger partial charge in [0.25, 0.3) is 0 Å². The largest absolute Gasteiger partial charge is 0.506 e. The molecule has 0 aliphatic carbocycles. The quantitative estimate of drug-likeness (QED) is 0.854. The van der Waals surface area contributed by atoms with Crippen LogP contribution >= 0.6 is 0 Å². The third-order valence-corrected chi connectivity index (χ3v) is 2.89. The Kier molecular flexibility index (Phi) is 5.11. The van der Waals surface area contributed by atoms with Gasteiger partial charge in [-0.2, -0.15) is 0 Å². The van der Waals surface area contributed by atoms with Gasteiger partial charge < -0.3 is 15.2 Å². The molecule has 2 heterocycles. The maximum atomic E-state index is 9.77. The lowest BCUT2D eigenvalue weighted by Crippen LogP contribution is -2.16. The summed E-state index contributed by atoms with van der Waals surface area (Å²) in [6, 6.07) is 7.30. The maximum Gasteiger partial charge on any atom is 0.218 e. The van der Waals surface area contributed by atoms with Gasteiger partial charge in [0.1, 0.15) is 5.75 Å². The SMILES string of the molecule is Cc1ccc(O)c(CNCc2cccnc2OC(C)C)n1. The molecule has 0 atom stereocenters. The van der Waals surface area contributed by atoms with Gasteiger partial charge in [-0.15, -0.1) is 0 Å². The number of aromatic nitrogens is 2. The molecule has 2 N–H and O–H groups in total. The molecule has 0 saturated carbocycles. The minimum absolute atomic E-state index is 0.0844. The highest BCUT2D eigenvalue weighted by Gasteiger charge is 2.07. The van der Waals surface area contributed by atoms with Crippen molar-refractivity contribution in [3.63, 3.8) is 0 Å². The van der Waals surface area contributed by atoms with E-state index in [9.17, 15) is 5.11 Å². The summed E-state index contributed by atoms with van der Waals surface area (Å²) in [5.74, 6) is 0.847. The van der Waals surface area contributed by atoms with Crippen LogP contribution in [0, 0.1) is 6.92 Å². The fraction of sp³-hybridized carbons (Fsp3) is 0.375. The molecule has 0 aliphatic rings. The standard InChI is InChI=1S/C16H21N3O2/c1-11(2)21-16-13(5-4-8-18-16)9-17-10-14-15(20)7-6-12(3)19-14/h4-8,11,17,20H,9-10H2,1-3H3. The molecule has 0 radical (unpaired) electrons. The Hall–Kier alpha value is -2.14. The summed E-state index contributed by atoms with van der Waals surface area (Å²) in [6.07, 6.45) is 1.80. The first-order valence-electron chi connectivity index (χ1n) is 7.03. The van der Waals surface area contributed by atoms with Gasteiger partial charge >= 0.3 is 0 Å². The summed E-state index contributed by atoms with van der Waals surface area (Å²) >= 11 is 0. The van der Waals surface area contributed by atoms with Crippen molar-refractivity contribution in [3.05, 3.63) is 47.4 Å². The van der Waals surface area contributed by atoms with Crippen LogP contribution in [-0.2, 0) is 13.1 Å². The molecule has 0 amide bonds. The number of ether oxygens (including phenoxy) is 1. The van der Waals surface area contributed by atoms with Gasteiger partial charge in [0.05, 0.1) is 11.8 Å². The van der Waals surface area contributed by atoms with Crippen molar-refractivity contribution < 1.29 is 9.84 Å². The molecule has 2 aromatic rings. The van der Waals surface area contributed by atoms with Crippen LogP contribution < -0.4 is 10.1 Å². The molecule has 21 heavy (non-hydrogen) atoms. The Labute approximate surface area is 125 Å². The molecular weight excluding hydrogens is 266 g/mol. The second-order valence-corrected chi connectivity index (χ2v) is 5.16. The summed E-state index contributed by atoms with van der Waals surface area (Å²) in [5, 5.41) is 13.0. The van der Waals surface area contributed by atoms with Gasteiger partial charge in [-0.3, -0.25) is 4.98 Å². The first-order chi connectivity index (χ1) is 10.1. The molecule has 0 aliphatic heterocycles. The maximum absolute atomic E-state index is 9.77. The van der Waals surface area contributed by atoms with Crippen LogP contribution in [0.25, 0.3) is 0 Å². The molecule has 0 saturated heterocycles. The average molecular weight is 287 g/mol. The highest BCUT2D eigenvalue weighted by atomic mass is 16.5. The van der Waals surface area contributed by atoms with Gasteiger partial charge in [-0.25, -0.2) is 4.98 Å². The second kappa shape index (κ2) is 7.04. The fourth-order valence-electron chi connectivity index (χ4n) is 1.94. The molecule has 112 valence electrons. The molecule has 0 aromatic carbocycles. The van der Waals surface area contributed by atoms with E-state index in [4.69, 9.17) is 4.74 Å². The Bertz CT molecular complexity index is 600. The summed E-state index contributed by atoms with van der Waals surface area (Å²) in [6.45, 7) is 6.94. The minimum Gasteiger partial charge on any atom is -0.506 e. The third kappa shape index (κ3) is 4.43. The van der Waals surface area contributed by atoms with Crippen molar-refractivity contribution in [1.29, 1.82) is 0 Å². The number of aromatic hydroxyl groups is 1. The van der Waals surface area contributed by atoms with E-state index in [1.165, 1.54) is 0 Å². The lowest BCUT2D eigenvalue weighted by molar-refractivity contribution is 0.229. The van der Waals surface area contributed by atoms with Crippen LogP contribution in [0.15, 0.2) is 30.5 Å². The van der Waals surface area contributed by atoms with Crippen molar-refractivity contribution >= 4 is 0 Å². The van der Waals surface area contributed by atoms with E-state index in [-0.39, 0.29) is 11.9 Å². The highest BCUT2D eigenvalue weighted by molar-refractivity contribution is 5.28. The monoisotopic (exact) mass is 287 g/mol. The van der Waals surface area contributed by atoms with Gasteiger partial charge in [-0.05, 0) is 39.0 Å². The van der Waals surface area contributed by atoms with Crippen LogP contribution in [0.4, 0.5) is 0 Å². The molecule has 5 nitrogen and oxygen atoms in total. The third-order valence-electron chi connectivity index (χ3n) is 2.89. The summed E-state index contributed by atoms with van der Waals surface area (Å²) in [5.41, 5.74) is 2.51. The van der Waals surface area contributed by atoms with Crippen molar-refractivity contribution in [2.45, 2.75) is 40.0 Å². The van der Waals surface area contributed by atoms with E-state index in [1.807, 2.05) is 32.9 Å². The zero-order chi connectivity index (χ0) is 15.2. The molecule has 0 spiro atoms. The van der Waals surface area contributed by atoms with E-state index in [1.54, 1.807) is 18.3 Å². The number of pyridine rings is 2. The van der Waals surface area contributed by atoms with E-state index < -0.39 is 0 Å². The molecule has 0 unspecified atom stereocenters. The van der Waals surface area contributed by atoms with Gasteiger partial charge in [0, 0.05) is 30.5 Å². The minimum atomic E-state index is 0.0844. The van der Waals surface area contributed by atoms with Crippen LogP contribution in [0.1, 0.15) is 30.8 Å². The summed E-state index contributed by atoms with van der Waals surface area (Å²) in [4.78, 5) is 8.56.